The van der Waals surface area contributed by atoms with Gasteiger partial charge < -0.3 is 21.1 Å². The summed E-state index contributed by atoms with van der Waals surface area (Å²) >= 11 is 0. The van der Waals surface area contributed by atoms with Crippen LogP contribution in [-0.4, -0.2) is 42.0 Å². The Morgan fingerprint density at radius 3 is 2.46 bits per heavy atom. The van der Waals surface area contributed by atoms with Crippen LogP contribution in [0.15, 0.2) is 30.5 Å². The maximum Gasteiger partial charge on any atom is 0.273 e. The van der Waals surface area contributed by atoms with E-state index in [9.17, 15) is 9.59 Å². The molecule has 1 aromatic heterocycles. The van der Waals surface area contributed by atoms with Crippen molar-refractivity contribution >= 4 is 17.6 Å². The molecule has 0 saturated heterocycles. The summed E-state index contributed by atoms with van der Waals surface area (Å²) in [5.74, 6) is 0.160. The molecule has 0 unspecified atom stereocenters. The number of methoxy groups -OCH3 is 1. The molecule has 2 amide bonds. The van der Waals surface area contributed by atoms with Crippen molar-refractivity contribution < 1.29 is 14.3 Å². The lowest BCUT2D eigenvalue weighted by Gasteiger charge is -2.09. The van der Waals surface area contributed by atoms with Gasteiger partial charge in [-0.3, -0.25) is 9.59 Å². The number of nitrogens with zero attached hydrogens (tertiary/aromatic N) is 2. The van der Waals surface area contributed by atoms with Gasteiger partial charge in [0.25, 0.3) is 5.91 Å². The first kappa shape index (κ1) is 17.2. The lowest BCUT2D eigenvalue weighted by atomic mass is 10.1. The molecule has 1 heterocycles. The first-order valence-corrected chi connectivity index (χ1v) is 7.31. The van der Waals surface area contributed by atoms with Crippen molar-refractivity contribution in [1.29, 1.82) is 0 Å². The second-order valence-corrected chi connectivity index (χ2v) is 4.96. The molecule has 0 atom stereocenters. The number of aromatic nitrogens is 2. The van der Waals surface area contributed by atoms with Crippen LogP contribution in [0.25, 0.3) is 11.3 Å². The zero-order valence-corrected chi connectivity index (χ0v) is 13.5. The summed E-state index contributed by atoms with van der Waals surface area (Å²) in [5.41, 5.74) is 7.10. The summed E-state index contributed by atoms with van der Waals surface area (Å²) < 4.78 is 5.11. The number of rotatable bonds is 6. The molecule has 0 spiro atoms. The van der Waals surface area contributed by atoms with E-state index in [2.05, 4.69) is 20.6 Å². The van der Waals surface area contributed by atoms with E-state index in [1.807, 2.05) is 12.1 Å². The molecule has 0 fully saturated rings. The number of hydrogen-bond donors (Lipinski definition) is 3. The molecule has 24 heavy (non-hydrogen) atoms. The van der Waals surface area contributed by atoms with Crippen molar-refractivity contribution in [1.82, 2.24) is 20.6 Å². The summed E-state index contributed by atoms with van der Waals surface area (Å²) in [5, 5.41) is 5.22. The molecule has 1 aromatic carbocycles. The normalized spacial score (nSPS) is 10.1. The van der Waals surface area contributed by atoms with Crippen molar-refractivity contribution in [2.45, 2.75) is 6.92 Å². The Hall–Kier alpha value is -3.16. The molecular formula is C16H19N5O3. The molecule has 2 rings (SSSR count). The lowest BCUT2D eigenvalue weighted by molar-refractivity contribution is -0.118. The molecule has 8 heteroatoms. The molecule has 0 bridgehead atoms. The fraction of sp³-hybridized carbons (Fsp3) is 0.250. The van der Waals surface area contributed by atoms with Gasteiger partial charge in [0.1, 0.15) is 5.75 Å². The average Bonchev–Trinajstić information content (AvgIpc) is 2.59. The summed E-state index contributed by atoms with van der Waals surface area (Å²) in [4.78, 5) is 31.3. The smallest absolute Gasteiger partial charge is 0.273 e. The molecule has 0 aliphatic heterocycles. The third-order valence-electron chi connectivity index (χ3n) is 3.19. The SMILES string of the molecule is COc1ccc(-c2cnc(N)c(C(=O)NCCNC(C)=O)n2)cc1. The van der Waals surface area contributed by atoms with E-state index < -0.39 is 5.91 Å². The summed E-state index contributed by atoms with van der Waals surface area (Å²) in [6.07, 6.45) is 1.51. The average molecular weight is 329 g/mol. The number of hydrogen-bond acceptors (Lipinski definition) is 6. The molecule has 0 aliphatic carbocycles. The van der Waals surface area contributed by atoms with Gasteiger partial charge in [-0.05, 0) is 24.3 Å². The topological polar surface area (TPSA) is 119 Å². The monoisotopic (exact) mass is 329 g/mol. The molecule has 4 N–H and O–H groups in total. The molecule has 0 aliphatic rings. The Morgan fingerprint density at radius 2 is 1.83 bits per heavy atom. The predicted molar refractivity (Wildman–Crippen MR) is 89.4 cm³/mol. The molecule has 8 nitrogen and oxygen atoms in total. The van der Waals surface area contributed by atoms with Crippen molar-refractivity contribution in [3.8, 4) is 17.0 Å². The van der Waals surface area contributed by atoms with Crippen LogP contribution in [0.2, 0.25) is 0 Å². The van der Waals surface area contributed by atoms with E-state index in [4.69, 9.17) is 10.5 Å². The van der Waals surface area contributed by atoms with Gasteiger partial charge in [0.05, 0.1) is 19.0 Å². The van der Waals surface area contributed by atoms with Gasteiger partial charge in [-0.2, -0.15) is 0 Å². The van der Waals surface area contributed by atoms with E-state index in [0.717, 1.165) is 11.3 Å². The van der Waals surface area contributed by atoms with E-state index in [-0.39, 0.29) is 24.0 Å². The Balaban J connectivity index is 2.12. The van der Waals surface area contributed by atoms with Gasteiger partial charge in [0.15, 0.2) is 11.5 Å². The number of amides is 2. The van der Waals surface area contributed by atoms with Crippen LogP contribution in [0.3, 0.4) is 0 Å². The van der Waals surface area contributed by atoms with Crippen LogP contribution in [0, 0.1) is 0 Å². The van der Waals surface area contributed by atoms with Crippen LogP contribution >= 0.6 is 0 Å². The van der Waals surface area contributed by atoms with Gasteiger partial charge in [0, 0.05) is 25.6 Å². The second-order valence-electron chi connectivity index (χ2n) is 4.96. The third-order valence-corrected chi connectivity index (χ3v) is 3.19. The van der Waals surface area contributed by atoms with Gasteiger partial charge in [-0.1, -0.05) is 0 Å². The van der Waals surface area contributed by atoms with Crippen molar-refractivity contribution in [2.24, 2.45) is 0 Å². The number of anilines is 1. The first-order chi connectivity index (χ1) is 11.5. The third kappa shape index (κ3) is 4.42. The molecular weight excluding hydrogens is 310 g/mol. The fourth-order valence-corrected chi connectivity index (χ4v) is 1.96. The van der Waals surface area contributed by atoms with E-state index in [1.165, 1.54) is 13.1 Å². The number of carbonyl (C=O) groups is 2. The van der Waals surface area contributed by atoms with Gasteiger partial charge in [-0.25, -0.2) is 9.97 Å². The zero-order valence-electron chi connectivity index (χ0n) is 13.5. The lowest BCUT2D eigenvalue weighted by Crippen LogP contribution is -2.34. The van der Waals surface area contributed by atoms with Gasteiger partial charge >= 0.3 is 0 Å². The van der Waals surface area contributed by atoms with E-state index in [1.54, 1.807) is 19.2 Å². The highest BCUT2D eigenvalue weighted by molar-refractivity contribution is 5.96. The minimum Gasteiger partial charge on any atom is -0.497 e. The molecule has 0 saturated carbocycles. The molecule has 0 radical (unpaired) electrons. The van der Waals surface area contributed by atoms with Gasteiger partial charge in [-0.15, -0.1) is 0 Å². The zero-order chi connectivity index (χ0) is 17.5. The number of nitrogen functional groups attached to an aromatic ring is 1. The largest absolute Gasteiger partial charge is 0.497 e. The van der Waals surface area contributed by atoms with Crippen LogP contribution in [0.1, 0.15) is 17.4 Å². The number of benzene rings is 1. The van der Waals surface area contributed by atoms with Crippen molar-refractivity contribution in [3.05, 3.63) is 36.2 Å². The number of carbonyl (C=O) groups excluding carboxylic acids is 2. The number of nitrogens with two attached hydrogens (primary N) is 1. The fourth-order valence-electron chi connectivity index (χ4n) is 1.96. The van der Waals surface area contributed by atoms with E-state index >= 15 is 0 Å². The Bertz CT molecular complexity index is 731. The predicted octanol–water partition coefficient (Wildman–Crippen LogP) is 0.600. The van der Waals surface area contributed by atoms with Crippen LogP contribution in [0.5, 0.6) is 5.75 Å². The Kier molecular flexibility index (Phi) is 5.67. The molecule has 126 valence electrons. The minimum atomic E-state index is -0.444. The Morgan fingerprint density at radius 1 is 1.17 bits per heavy atom. The van der Waals surface area contributed by atoms with Gasteiger partial charge in [0.2, 0.25) is 5.91 Å². The van der Waals surface area contributed by atoms with Crippen LogP contribution in [-0.2, 0) is 4.79 Å². The first-order valence-electron chi connectivity index (χ1n) is 7.31. The maximum atomic E-state index is 12.2. The maximum absolute atomic E-state index is 12.2. The highest BCUT2D eigenvalue weighted by Crippen LogP contribution is 2.21. The standard InChI is InChI=1S/C16H19N5O3/c1-10(22)18-7-8-19-16(23)14-15(17)20-9-13(21-14)11-3-5-12(24-2)6-4-11/h3-6,9H,7-8H2,1-2H3,(H2,17,20)(H,18,22)(H,19,23). The quantitative estimate of drug-likeness (QED) is 0.668. The highest BCUT2D eigenvalue weighted by atomic mass is 16.5. The van der Waals surface area contributed by atoms with Crippen molar-refractivity contribution in [2.75, 3.05) is 25.9 Å². The summed E-state index contributed by atoms with van der Waals surface area (Å²) in [6.45, 7) is 2.00. The number of nitrogens with one attached hydrogen (secondary N) is 2. The molecule has 2 aromatic rings. The summed E-state index contributed by atoms with van der Waals surface area (Å²) in [7, 11) is 1.58. The van der Waals surface area contributed by atoms with Crippen LogP contribution < -0.4 is 21.1 Å². The number of ether oxygens (including phenoxy) is 1. The second kappa shape index (κ2) is 7.91. The highest BCUT2D eigenvalue weighted by Gasteiger charge is 2.14. The Labute approximate surface area is 139 Å². The minimum absolute atomic E-state index is 0.0456. The summed E-state index contributed by atoms with van der Waals surface area (Å²) in [6, 6.07) is 7.22. The van der Waals surface area contributed by atoms with Crippen molar-refractivity contribution in [3.63, 3.8) is 0 Å². The van der Waals surface area contributed by atoms with E-state index in [0.29, 0.717) is 12.2 Å². The van der Waals surface area contributed by atoms with Crippen LogP contribution in [0.4, 0.5) is 5.82 Å².